The SMILES string of the molecule is Cc1cc(S(=O)(=O)Nc2ccc(F)cc2)ccc1OCC(=O)N1c2ccccc2C[C@@H]1C. The van der Waals surface area contributed by atoms with Gasteiger partial charge in [0.1, 0.15) is 11.6 Å². The van der Waals surface area contributed by atoms with E-state index >= 15 is 0 Å². The van der Waals surface area contributed by atoms with E-state index in [1.807, 2.05) is 31.2 Å². The molecule has 6 nitrogen and oxygen atoms in total. The number of amides is 1. The van der Waals surface area contributed by atoms with Crippen molar-refractivity contribution in [3.63, 3.8) is 0 Å². The van der Waals surface area contributed by atoms with Crippen molar-refractivity contribution in [1.82, 2.24) is 0 Å². The van der Waals surface area contributed by atoms with Crippen molar-refractivity contribution in [2.24, 2.45) is 0 Å². The molecule has 0 bridgehead atoms. The van der Waals surface area contributed by atoms with Gasteiger partial charge >= 0.3 is 0 Å². The second kappa shape index (κ2) is 8.63. The molecule has 166 valence electrons. The van der Waals surface area contributed by atoms with Crippen LogP contribution in [0.5, 0.6) is 5.75 Å². The highest BCUT2D eigenvalue weighted by Crippen LogP contribution is 2.32. The zero-order valence-electron chi connectivity index (χ0n) is 17.7. The molecule has 0 aromatic heterocycles. The minimum absolute atomic E-state index is 0.0418. The molecule has 0 aliphatic carbocycles. The number of sulfonamides is 1. The fourth-order valence-corrected chi connectivity index (χ4v) is 4.98. The smallest absolute Gasteiger partial charge is 0.265 e. The fourth-order valence-electron chi connectivity index (χ4n) is 3.84. The van der Waals surface area contributed by atoms with E-state index in [9.17, 15) is 17.6 Å². The van der Waals surface area contributed by atoms with Crippen LogP contribution in [0.2, 0.25) is 0 Å². The lowest BCUT2D eigenvalue weighted by Gasteiger charge is -2.23. The number of fused-ring (bicyclic) bond motifs is 1. The molecule has 32 heavy (non-hydrogen) atoms. The number of rotatable bonds is 6. The first-order valence-corrected chi connectivity index (χ1v) is 11.6. The lowest BCUT2D eigenvalue weighted by molar-refractivity contribution is -0.120. The fraction of sp³-hybridized carbons (Fsp3) is 0.208. The molecule has 1 heterocycles. The minimum Gasteiger partial charge on any atom is -0.483 e. The highest BCUT2D eigenvalue weighted by Gasteiger charge is 2.30. The second-order valence-electron chi connectivity index (χ2n) is 7.77. The van der Waals surface area contributed by atoms with E-state index in [1.54, 1.807) is 11.8 Å². The van der Waals surface area contributed by atoms with Gasteiger partial charge < -0.3 is 9.64 Å². The summed E-state index contributed by atoms with van der Waals surface area (Å²) in [5.74, 6) is -0.178. The van der Waals surface area contributed by atoms with Gasteiger partial charge in [-0.25, -0.2) is 12.8 Å². The zero-order valence-corrected chi connectivity index (χ0v) is 18.5. The van der Waals surface area contributed by atoms with Gasteiger partial charge in [-0.05, 0) is 79.9 Å². The van der Waals surface area contributed by atoms with Crippen LogP contribution in [0.25, 0.3) is 0 Å². The first kappa shape index (κ1) is 21.8. The lowest BCUT2D eigenvalue weighted by Crippen LogP contribution is -2.39. The van der Waals surface area contributed by atoms with Crippen molar-refractivity contribution >= 4 is 27.3 Å². The van der Waals surface area contributed by atoms with Crippen molar-refractivity contribution in [2.45, 2.75) is 31.2 Å². The summed E-state index contributed by atoms with van der Waals surface area (Å²) in [7, 11) is -3.85. The number of benzene rings is 3. The van der Waals surface area contributed by atoms with Crippen LogP contribution in [0.3, 0.4) is 0 Å². The van der Waals surface area contributed by atoms with Crippen molar-refractivity contribution in [1.29, 1.82) is 0 Å². The van der Waals surface area contributed by atoms with Crippen LogP contribution in [0.4, 0.5) is 15.8 Å². The first-order chi connectivity index (χ1) is 15.2. The van der Waals surface area contributed by atoms with Gasteiger partial charge in [-0.15, -0.1) is 0 Å². The quantitative estimate of drug-likeness (QED) is 0.603. The molecule has 0 saturated carbocycles. The molecular weight excluding hydrogens is 431 g/mol. The Kier molecular flexibility index (Phi) is 5.88. The average molecular weight is 455 g/mol. The predicted octanol–water partition coefficient (Wildman–Crippen LogP) is 4.29. The summed E-state index contributed by atoms with van der Waals surface area (Å²) in [5, 5.41) is 0. The van der Waals surface area contributed by atoms with Gasteiger partial charge in [0.25, 0.3) is 15.9 Å². The zero-order chi connectivity index (χ0) is 22.9. The Balaban J connectivity index is 1.45. The van der Waals surface area contributed by atoms with Gasteiger partial charge in [0.15, 0.2) is 6.61 Å². The number of nitrogens with one attached hydrogen (secondary N) is 1. The molecule has 4 rings (SSSR count). The molecular formula is C24H23FN2O4S. The summed E-state index contributed by atoms with van der Waals surface area (Å²) in [6, 6.07) is 17.3. The standard InChI is InChI=1S/C24H23FN2O4S/c1-16-13-21(32(29,30)26-20-9-7-19(25)8-10-20)11-12-23(16)31-15-24(28)27-17(2)14-18-5-3-4-6-22(18)27/h3-13,17,26H,14-15H2,1-2H3/t17-/m0/s1. The van der Waals surface area contributed by atoms with Crippen LogP contribution in [0.15, 0.2) is 71.6 Å². The topological polar surface area (TPSA) is 75.7 Å². The number of aryl methyl sites for hydroxylation is 1. The van der Waals surface area contributed by atoms with E-state index in [1.165, 1.54) is 42.5 Å². The summed E-state index contributed by atoms with van der Waals surface area (Å²) < 4.78 is 46.5. The van der Waals surface area contributed by atoms with Gasteiger partial charge in [-0.1, -0.05) is 18.2 Å². The molecule has 0 spiro atoms. The maximum absolute atomic E-state index is 13.0. The first-order valence-electron chi connectivity index (χ1n) is 10.2. The predicted molar refractivity (Wildman–Crippen MR) is 121 cm³/mol. The van der Waals surface area contributed by atoms with Crippen LogP contribution in [0.1, 0.15) is 18.1 Å². The molecule has 3 aromatic carbocycles. The van der Waals surface area contributed by atoms with Gasteiger partial charge in [0.2, 0.25) is 0 Å². The summed E-state index contributed by atoms with van der Waals surface area (Å²) in [4.78, 5) is 14.6. The van der Waals surface area contributed by atoms with Crippen LogP contribution < -0.4 is 14.4 Å². The van der Waals surface area contributed by atoms with Gasteiger partial charge in [-0.2, -0.15) is 0 Å². The summed E-state index contributed by atoms with van der Waals surface area (Å²) >= 11 is 0. The molecule has 1 N–H and O–H groups in total. The van der Waals surface area contributed by atoms with Crippen molar-refractivity contribution in [2.75, 3.05) is 16.2 Å². The summed E-state index contributed by atoms with van der Waals surface area (Å²) in [6.07, 6.45) is 0.800. The number of anilines is 2. The van der Waals surface area contributed by atoms with Crippen LogP contribution in [-0.2, 0) is 21.2 Å². The number of carbonyl (C=O) groups excluding carboxylic acids is 1. The van der Waals surface area contributed by atoms with E-state index in [-0.39, 0.29) is 29.1 Å². The number of para-hydroxylation sites is 1. The van der Waals surface area contributed by atoms with E-state index in [0.717, 1.165) is 17.7 Å². The normalized spacial score (nSPS) is 15.3. The average Bonchev–Trinajstić information content (AvgIpc) is 3.10. The van der Waals surface area contributed by atoms with E-state index in [0.29, 0.717) is 11.3 Å². The molecule has 0 fully saturated rings. The van der Waals surface area contributed by atoms with Crippen molar-refractivity contribution in [3.05, 3.63) is 83.7 Å². The Hall–Kier alpha value is -3.39. The largest absolute Gasteiger partial charge is 0.483 e. The Morgan fingerprint density at radius 2 is 1.84 bits per heavy atom. The van der Waals surface area contributed by atoms with Crippen LogP contribution in [0, 0.1) is 12.7 Å². The third-order valence-electron chi connectivity index (χ3n) is 5.38. The molecule has 0 unspecified atom stereocenters. The third kappa shape index (κ3) is 4.45. The molecule has 1 atom stereocenters. The number of hydrogen-bond acceptors (Lipinski definition) is 4. The molecule has 0 saturated heterocycles. The molecule has 1 amide bonds. The maximum atomic E-state index is 13.0. The summed E-state index contributed by atoms with van der Waals surface area (Å²) in [6.45, 7) is 3.56. The minimum atomic E-state index is -3.85. The monoisotopic (exact) mass is 454 g/mol. The summed E-state index contributed by atoms with van der Waals surface area (Å²) in [5.41, 5.74) is 2.87. The lowest BCUT2D eigenvalue weighted by atomic mass is 10.1. The molecule has 0 radical (unpaired) electrons. The number of carbonyl (C=O) groups is 1. The van der Waals surface area contributed by atoms with Gasteiger partial charge in [0.05, 0.1) is 4.90 Å². The second-order valence-corrected chi connectivity index (χ2v) is 9.46. The number of halogens is 1. The number of hydrogen-bond donors (Lipinski definition) is 1. The van der Waals surface area contributed by atoms with E-state index in [4.69, 9.17) is 4.74 Å². The highest BCUT2D eigenvalue weighted by molar-refractivity contribution is 7.92. The Morgan fingerprint density at radius 1 is 1.12 bits per heavy atom. The highest BCUT2D eigenvalue weighted by atomic mass is 32.2. The third-order valence-corrected chi connectivity index (χ3v) is 6.76. The van der Waals surface area contributed by atoms with Gasteiger partial charge in [0, 0.05) is 17.4 Å². The number of nitrogens with zero attached hydrogens (tertiary/aromatic N) is 1. The van der Waals surface area contributed by atoms with E-state index in [2.05, 4.69) is 4.72 Å². The maximum Gasteiger partial charge on any atom is 0.265 e. The van der Waals surface area contributed by atoms with Crippen LogP contribution >= 0.6 is 0 Å². The van der Waals surface area contributed by atoms with E-state index < -0.39 is 15.8 Å². The van der Waals surface area contributed by atoms with Crippen LogP contribution in [-0.4, -0.2) is 27.0 Å². The van der Waals surface area contributed by atoms with Gasteiger partial charge in [-0.3, -0.25) is 9.52 Å². The molecule has 1 aliphatic rings. The Bertz CT molecular complexity index is 1260. The molecule has 8 heteroatoms. The Labute approximate surface area is 186 Å². The molecule has 1 aliphatic heterocycles. The van der Waals surface area contributed by atoms with Crippen molar-refractivity contribution < 1.29 is 22.3 Å². The Morgan fingerprint density at radius 3 is 2.56 bits per heavy atom. The molecule has 3 aromatic rings. The van der Waals surface area contributed by atoms with Crippen molar-refractivity contribution in [3.8, 4) is 5.75 Å². The number of ether oxygens (including phenoxy) is 1.